The van der Waals surface area contributed by atoms with Crippen LogP contribution in [0.2, 0.25) is 0 Å². The van der Waals surface area contributed by atoms with Crippen LogP contribution in [0, 0.1) is 5.92 Å². The molecular weight excluding hydrogens is 270 g/mol. The van der Waals surface area contributed by atoms with Crippen LogP contribution in [0.4, 0.5) is 5.69 Å². The Morgan fingerprint density at radius 1 is 1.38 bits per heavy atom. The maximum absolute atomic E-state index is 12.1. The summed E-state index contributed by atoms with van der Waals surface area (Å²) < 4.78 is 1.42. The minimum absolute atomic E-state index is 0.0138. The Bertz CT molecular complexity index is 529. The predicted octanol–water partition coefficient (Wildman–Crippen LogP) is 0.228. The summed E-state index contributed by atoms with van der Waals surface area (Å²) in [4.78, 5) is 22.9. The number of nitrogens with one attached hydrogen (secondary N) is 2. The number of primary amides is 1. The van der Waals surface area contributed by atoms with Crippen molar-refractivity contribution < 1.29 is 9.59 Å². The Hall–Kier alpha value is -1.89. The van der Waals surface area contributed by atoms with Crippen molar-refractivity contribution in [2.24, 2.45) is 11.7 Å². The van der Waals surface area contributed by atoms with Gasteiger partial charge in [0.2, 0.25) is 11.8 Å². The minimum Gasteiger partial charge on any atom is -0.368 e. The van der Waals surface area contributed by atoms with Crippen LogP contribution in [0.3, 0.4) is 0 Å². The molecule has 3 heterocycles. The number of amides is 2. The molecule has 0 spiro atoms. The lowest BCUT2D eigenvalue weighted by atomic mass is 9.89. The summed E-state index contributed by atoms with van der Waals surface area (Å²) in [5.41, 5.74) is 5.71. The van der Waals surface area contributed by atoms with E-state index in [2.05, 4.69) is 15.7 Å². The van der Waals surface area contributed by atoms with Crippen LogP contribution >= 0.6 is 0 Å². The molecule has 0 radical (unpaired) electrons. The first-order valence-electron chi connectivity index (χ1n) is 7.45. The molecule has 2 amide bonds. The highest BCUT2D eigenvalue weighted by atomic mass is 16.2. The Morgan fingerprint density at radius 2 is 2.10 bits per heavy atom. The van der Waals surface area contributed by atoms with Crippen molar-refractivity contribution in [1.29, 1.82) is 0 Å². The summed E-state index contributed by atoms with van der Waals surface area (Å²) >= 11 is 0. The van der Waals surface area contributed by atoms with Gasteiger partial charge in [-0.15, -0.1) is 0 Å². The molecule has 7 nitrogen and oxygen atoms in total. The van der Waals surface area contributed by atoms with Crippen molar-refractivity contribution >= 4 is 17.5 Å². The number of nitrogens with zero attached hydrogens (tertiary/aromatic N) is 2. The van der Waals surface area contributed by atoms with Gasteiger partial charge in [-0.25, -0.2) is 0 Å². The minimum atomic E-state index is -0.457. The molecule has 2 aliphatic rings. The van der Waals surface area contributed by atoms with Crippen molar-refractivity contribution in [3.63, 3.8) is 0 Å². The quantitative estimate of drug-likeness (QED) is 0.722. The Morgan fingerprint density at radius 3 is 2.76 bits per heavy atom. The van der Waals surface area contributed by atoms with Crippen LogP contribution in [0.25, 0.3) is 0 Å². The van der Waals surface area contributed by atoms with E-state index in [0.717, 1.165) is 12.8 Å². The zero-order valence-corrected chi connectivity index (χ0v) is 11.9. The fourth-order valence-corrected chi connectivity index (χ4v) is 3.49. The molecule has 21 heavy (non-hydrogen) atoms. The number of fused-ring (bicyclic) bond motifs is 2. The zero-order chi connectivity index (χ0) is 14.8. The van der Waals surface area contributed by atoms with E-state index in [1.54, 1.807) is 6.20 Å². The molecule has 1 aromatic rings. The van der Waals surface area contributed by atoms with E-state index >= 15 is 0 Å². The first kappa shape index (κ1) is 14.1. The highest BCUT2D eigenvalue weighted by molar-refractivity contribution is 5.90. The van der Waals surface area contributed by atoms with E-state index in [1.807, 2.05) is 0 Å². The second kappa shape index (κ2) is 5.85. The third kappa shape index (κ3) is 3.60. The van der Waals surface area contributed by atoms with E-state index < -0.39 is 5.91 Å². The second-order valence-electron chi connectivity index (χ2n) is 6.12. The highest BCUT2D eigenvalue weighted by Crippen LogP contribution is 2.32. The van der Waals surface area contributed by atoms with Crippen LogP contribution < -0.4 is 16.4 Å². The number of piperidine rings is 1. The van der Waals surface area contributed by atoms with Gasteiger partial charge in [-0.1, -0.05) is 0 Å². The molecular formula is C14H21N5O2. The van der Waals surface area contributed by atoms with E-state index in [0.29, 0.717) is 30.1 Å². The van der Waals surface area contributed by atoms with Gasteiger partial charge in [0, 0.05) is 24.7 Å². The number of carbonyl (C=O) groups is 2. The molecule has 2 fully saturated rings. The molecule has 2 bridgehead atoms. The molecule has 2 saturated heterocycles. The van der Waals surface area contributed by atoms with Crippen molar-refractivity contribution in [3.8, 4) is 0 Å². The van der Waals surface area contributed by atoms with E-state index in [-0.39, 0.29) is 12.5 Å². The molecule has 7 heteroatoms. The summed E-state index contributed by atoms with van der Waals surface area (Å²) in [7, 11) is 0. The lowest BCUT2D eigenvalue weighted by molar-refractivity contribution is -0.119. The van der Waals surface area contributed by atoms with Gasteiger partial charge in [-0.05, 0) is 31.6 Å². The number of hydrogen-bond donors (Lipinski definition) is 3. The number of nitrogens with two attached hydrogens (primary N) is 1. The number of anilines is 1. The van der Waals surface area contributed by atoms with Crippen LogP contribution in [-0.4, -0.2) is 33.7 Å². The average Bonchev–Trinajstić information content (AvgIpc) is 2.95. The van der Waals surface area contributed by atoms with Gasteiger partial charge in [-0.3, -0.25) is 14.3 Å². The van der Waals surface area contributed by atoms with Crippen LogP contribution in [-0.2, 0) is 16.1 Å². The Kier molecular flexibility index (Phi) is 3.92. The van der Waals surface area contributed by atoms with E-state index in [4.69, 9.17) is 5.73 Å². The summed E-state index contributed by atoms with van der Waals surface area (Å²) in [6.45, 7) is 0.0214. The standard InChI is InChI=1S/C14H21N5O2/c15-13(20)8-19-7-12(6-16-19)18-14(21)5-9-3-10-1-2-11(4-9)17-10/h6-7,9-11,17H,1-5,8H2,(H2,15,20)(H,18,21). The fourth-order valence-electron chi connectivity index (χ4n) is 3.49. The maximum atomic E-state index is 12.1. The summed E-state index contributed by atoms with van der Waals surface area (Å²) in [5.74, 6) is 0.0190. The van der Waals surface area contributed by atoms with Crippen LogP contribution in [0.5, 0.6) is 0 Å². The highest BCUT2D eigenvalue weighted by Gasteiger charge is 2.34. The smallest absolute Gasteiger partial charge is 0.239 e. The molecule has 0 aliphatic carbocycles. The van der Waals surface area contributed by atoms with Crippen molar-refractivity contribution in [3.05, 3.63) is 12.4 Å². The topological polar surface area (TPSA) is 102 Å². The third-order valence-electron chi connectivity index (χ3n) is 4.28. The van der Waals surface area contributed by atoms with Gasteiger partial charge in [0.1, 0.15) is 6.54 Å². The van der Waals surface area contributed by atoms with Crippen LogP contribution in [0.15, 0.2) is 12.4 Å². The van der Waals surface area contributed by atoms with Crippen molar-refractivity contribution in [1.82, 2.24) is 15.1 Å². The molecule has 114 valence electrons. The van der Waals surface area contributed by atoms with Crippen molar-refractivity contribution in [2.45, 2.75) is 50.7 Å². The van der Waals surface area contributed by atoms with E-state index in [9.17, 15) is 9.59 Å². The third-order valence-corrected chi connectivity index (χ3v) is 4.28. The van der Waals surface area contributed by atoms with Gasteiger partial charge < -0.3 is 16.4 Å². The van der Waals surface area contributed by atoms with Gasteiger partial charge >= 0.3 is 0 Å². The zero-order valence-electron chi connectivity index (χ0n) is 11.9. The molecule has 3 rings (SSSR count). The molecule has 2 atom stereocenters. The molecule has 2 aliphatic heterocycles. The van der Waals surface area contributed by atoms with Crippen molar-refractivity contribution in [2.75, 3.05) is 5.32 Å². The van der Waals surface area contributed by atoms with Gasteiger partial charge in [0.25, 0.3) is 0 Å². The van der Waals surface area contributed by atoms with Gasteiger partial charge in [0.05, 0.1) is 11.9 Å². The van der Waals surface area contributed by atoms with E-state index in [1.165, 1.54) is 23.7 Å². The normalized spacial score (nSPS) is 27.5. The SMILES string of the molecule is NC(=O)Cn1cc(NC(=O)CC2CC3CCC(C2)N3)cn1. The van der Waals surface area contributed by atoms with Gasteiger partial charge in [0.15, 0.2) is 0 Å². The first-order valence-corrected chi connectivity index (χ1v) is 7.45. The van der Waals surface area contributed by atoms with Gasteiger partial charge in [-0.2, -0.15) is 5.10 Å². The number of carbonyl (C=O) groups excluding carboxylic acids is 2. The molecule has 1 aromatic heterocycles. The largest absolute Gasteiger partial charge is 0.368 e. The first-order chi connectivity index (χ1) is 10.1. The summed E-state index contributed by atoms with van der Waals surface area (Å²) in [6, 6.07) is 1.19. The predicted molar refractivity (Wildman–Crippen MR) is 77.3 cm³/mol. The lowest BCUT2D eigenvalue weighted by Gasteiger charge is -2.28. The monoisotopic (exact) mass is 291 g/mol. The Balaban J connectivity index is 1.49. The maximum Gasteiger partial charge on any atom is 0.239 e. The number of aromatic nitrogens is 2. The van der Waals surface area contributed by atoms with Crippen LogP contribution in [0.1, 0.15) is 32.1 Å². The average molecular weight is 291 g/mol. The number of hydrogen-bond acceptors (Lipinski definition) is 4. The molecule has 0 aromatic carbocycles. The Labute approximate surface area is 123 Å². The summed E-state index contributed by atoms with van der Waals surface area (Å²) in [5, 5.41) is 10.4. The fraction of sp³-hybridized carbons (Fsp3) is 0.643. The molecule has 0 saturated carbocycles. The second-order valence-corrected chi connectivity index (χ2v) is 6.12. The molecule has 4 N–H and O–H groups in total. The summed E-state index contributed by atoms with van der Waals surface area (Å²) in [6.07, 6.45) is 8.36. The lowest BCUT2D eigenvalue weighted by Crippen LogP contribution is -2.39. The number of rotatable bonds is 5. The molecule has 2 unspecified atom stereocenters.